The predicted molar refractivity (Wildman–Crippen MR) is 79.8 cm³/mol. The van der Waals surface area contributed by atoms with E-state index in [9.17, 15) is 9.90 Å². The second-order valence-corrected chi connectivity index (χ2v) is 5.07. The van der Waals surface area contributed by atoms with Gasteiger partial charge >= 0.3 is 5.97 Å². The van der Waals surface area contributed by atoms with Crippen molar-refractivity contribution < 1.29 is 9.90 Å². The summed E-state index contributed by atoms with van der Waals surface area (Å²) in [6.07, 6.45) is 1.51. The lowest BCUT2D eigenvalue weighted by Crippen LogP contribution is -2.03. The van der Waals surface area contributed by atoms with Crippen LogP contribution in [0.3, 0.4) is 0 Å². The first-order valence-corrected chi connectivity index (χ1v) is 6.56. The van der Waals surface area contributed by atoms with E-state index in [1.54, 1.807) is 18.2 Å². The summed E-state index contributed by atoms with van der Waals surface area (Å²) in [6, 6.07) is 6.38. The van der Waals surface area contributed by atoms with E-state index in [4.69, 9.17) is 28.9 Å². The number of carboxylic acid groups (broad SMARTS) is 1. The van der Waals surface area contributed by atoms with Gasteiger partial charge in [-0.1, -0.05) is 35.3 Å². The molecule has 3 N–H and O–H groups in total. The van der Waals surface area contributed by atoms with Gasteiger partial charge in [0.2, 0.25) is 5.95 Å². The highest BCUT2D eigenvalue weighted by atomic mass is 35.5. The van der Waals surface area contributed by atoms with Crippen LogP contribution in [0.5, 0.6) is 0 Å². The van der Waals surface area contributed by atoms with E-state index in [0.717, 1.165) is 0 Å². The normalized spacial score (nSPS) is 11.0. The van der Waals surface area contributed by atoms with Gasteiger partial charge in [0.25, 0.3) is 0 Å². The summed E-state index contributed by atoms with van der Waals surface area (Å²) in [5.74, 6) is -1.05. The topological polar surface area (TPSA) is 93.5 Å². The van der Waals surface area contributed by atoms with Crippen molar-refractivity contribution in [1.82, 2.24) is 14.6 Å². The molecule has 0 aliphatic heterocycles. The maximum atomic E-state index is 11.5. The number of hydrogen-bond acceptors (Lipinski definition) is 4. The lowest BCUT2D eigenvalue weighted by atomic mass is 10.0. The van der Waals surface area contributed by atoms with E-state index < -0.39 is 5.97 Å². The summed E-state index contributed by atoms with van der Waals surface area (Å²) in [5, 5.41) is 14.0. The molecular formula is C13H8Cl2N4O2. The SMILES string of the molecule is Nc1nc2cc(C(=O)O)c(-c3cccc(Cl)c3Cl)cn2n1. The quantitative estimate of drug-likeness (QED) is 0.756. The van der Waals surface area contributed by atoms with E-state index >= 15 is 0 Å². The molecule has 0 saturated heterocycles. The molecule has 2 heterocycles. The number of carbonyl (C=O) groups is 1. The van der Waals surface area contributed by atoms with Crippen LogP contribution in [-0.4, -0.2) is 25.7 Å². The van der Waals surface area contributed by atoms with Crippen LogP contribution in [0, 0.1) is 0 Å². The van der Waals surface area contributed by atoms with E-state index in [2.05, 4.69) is 10.1 Å². The maximum Gasteiger partial charge on any atom is 0.336 e. The Morgan fingerprint density at radius 1 is 1.29 bits per heavy atom. The van der Waals surface area contributed by atoms with E-state index in [0.29, 0.717) is 21.8 Å². The fourth-order valence-corrected chi connectivity index (χ4v) is 2.45. The third kappa shape index (κ3) is 2.28. The fourth-order valence-electron chi connectivity index (χ4n) is 2.05. The summed E-state index contributed by atoms with van der Waals surface area (Å²) in [4.78, 5) is 15.4. The fraction of sp³-hybridized carbons (Fsp3) is 0. The largest absolute Gasteiger partial charge is 0.478 e. The summed E-state index contributed by atoms with van der Waals surface area (Å²) in [6.45, 7) is 0. The number of aromatic nitrogens is 3. The van der Waals surface area contributed by atoms with Gasteiger partial charge in [-0.25, -0.2) is 9.31 Å². The number of halogens is 2. The molecule has 8 heteroatoms. The van der Waals surface area contributed by atoms with Gasteiger partial charge in [0.15, 0.2) is 5.65 Å². The van der Waals surface area contributed by atoms with Crippen LogP contribution in [0.15, 0.2) is 30.5 Å². The average Bonchev–Trinajstić information content (AvgIpc) is 2.79. The Kier molecular flexibility index (Phi) is 3.19. The minimum atomic E-state index is -1.11. The lowest BCUT2D eigenvalue weighted by Gasteiger charge is -2.09. The molecule has 0 spiro atoms. The van der Waals surface area contributed by atoms with Crippen molar-refractivity contribution in [2.45, 2.75) is 0 Å². The molecule has 0 fully saturated rings. The first kappa shape index (κ1) is 13.7. The molecule has 0 aliphatic rings. The molecule has 1 aromatic carbocycles. The minimum absolute atomic E-state index is 0.0408. The van der Waals surface area contributed by atoms with Crippen molar-refractivity contribution in [2.75, 3.05) is 5.73 Å². The average molecular weight is 323 g/mol. The second kappa shape index (κ2) is 4.91. The zero-order valence-corrected chi connectivity index (χ0v) is 11.9. The number of rotatable bonds is 2. The summed E-state index contributed by atoms with van der Waals surface area (Å²) >= 11 is 12.1. The van der Waals surface area contributed by atoms with Crippen LogP contribution in [0.4, 0.5) is 5.95 Å². The third-order valence-electron chi connectivity index (χ3n) is 2.96. The number of anilines is 1. The van der Waals surface area contributed by atoms with Crippen LogP contribution in [0.25, 0.3) is 16.8 Å². The Morgan fingerprint density at radius 2 is 2.05 bits per heavy atom. The summed E-state index contributed by atoms with van der Waals surface area (Å²) in [5.41, 5.74) is 6.78. The Bertz CT molecular complexity index is 876. The number of nitrogens with zero attached hydrogens (tertiary/aromatic N) is 3. The zero-order chi connectivity index (χ0) is 15.1. The number of benzene rings is 1. The van der Waals surface area contributed by atoms with Gasteiger partial charge in [0, 0.05) is 17.3 Å². The van der Waals surface area contributed by atoms with Crippen LogP contribution < -0.4 is 5.73 Å². The van der Waals surface area contributed by atoms with Gasteiger partial charge in [-0.2, -0.15) is 4.98 Å². The Hall–Kier alpha value is -2.31. The first-order chi connectivity index (χ1) is 9.97. The highest BCUT2D eigenvalue weighted by Gasteiger charge is 2.18. The van der Waals surface area contributed by atoms with Crippen molar-refractivity contribution in [3.05, 3.63) is 46.1 Å². The van der Waals surface area contributed by atoms with Crippen molar-refractivity contribution in [1.29, 1.82) is 0 Å². The van der Waals surface area contributed by atoms with Gasteiger partial charge in [-0.15, -0.1) is 5.10 Å². The molecule has 0 radical (unpaired) electrons. The molecule has 0 saturated carbocycles. The summed E-state index contributed by atoms with van der Waals surface area (Å²) in [7, 11) is 0. The van der Waals surface area contributed by atoms with Crippen LogP contribution >= 0.6 is 23.2 Å². The van der Waals surface area contributed by atoms with Crippen molar-refractivity contribution >= 4 is 40.8 Å². The molecule has 0 atom stereocenters. The van der Waals surface area contributed by atoms with Gasteiger partial charge in [0.1, 0.15) is 0 Å². The first-order valence-electron chi connectivity index (χ1n) is 5.81. The number of aromatic carboxylic acids is 1. The molecule has 3 rings (SSSR count). The minimum Gasteiger partial charge on any atom is -0.478 e. The highest BCUT2D eigenvalue weighted by molar-refractivity contribution is 6.43. The third-order valence-corrected chi connectivity index (χ3v) is 3.78. The van der Waals surface area contributed by atoms with Crippen LogP contribution in [0.1, 0.15) is 10.4 Å². The number of carboxylic acids is 1. The molecule has 6 nitrogen and oxygen atoms in total. The number of hydrogen-bond donors (Lipinski definition) is 2. The molecule has 0 aliphatic carbocycles. The molecule has 0 bridgehead atoms. The molecule has 2 aromatic heterocycles. The molecule has 21 heavy (non-hydrogen) atoms. The van der Waals surface area contributed by atoms with Crippen molar-refractivity contribution in [3.63, 3.8) is 0 Å². The second-order valence-electron chi connectivity index (χ2n) is 4.28. The number of nitrogens with two attached hydrogens (primary N) is 1. The standard InChI is InChI=1S/C13H8Cl2N4O2/c14-9-3-1-2-6(11(9)15)8-5-19-10(17-13(16)18-19)4-7(8)12(20)21/h1-5H,(H2,16,18)(H,20,21). The summed E-state index contributed by atoms with van der Waals surface area (Å²) < 4.78 is 1.40. The predicted octanol–water partition coefficient (Wildman–Crippen LogP) is 2.98. The monoisotopic (exact) mass is 322 g/mol. The van der Waals surface area contributed by atoms with Gasteiger partial charge in [-0.3, -0.25) is 0 Å². The highest BCUT2D eigenvalue weighted by Crippen LogP contribution is 2.35. The van der Waals surface area contributed by atoms with Gasteiger partial charge in [0.05, 0.1) is 15.6 Å². The Balaban J connectivity index is 2.36. The van der Waals surface area contributed by atoms with Crippen LogP contribution in [-0.2, 0) is 0 Å². The van der Waals surface area contributed by atoms with E-state index in [1.807, 2.05) is 0 Å². The van der Waals surface area contributed by atoms with Crippen molar-refractivity contribution in [2.24, 2.45) is 0 Å². The Labute approximate surface area is 128 Å². The number of fused-ring (bicyclic) bond motifs is 1. The number of nitrogen functional groups attached to an aromatic ring is 1. The smallest absolute Gasteiger partial charge is 0.336 e. The molecule has 0 unspecified atom stereocenters. The van der Waals surface area contributed by atoms with E-state index in [-0.39, 0.29) is 16.5 Å². The van der Waals surface area contributed by atoms with E-state index in [1.165, 1.54) is 16.8 Å². The van der Waals surface area contributed by atoms with Gasteiger partial charge in [-0.05, 0) is 12.1 Å². The molecule has 3 aromatic rings. The van der Waals surface area contributed by atoms with Gasteiger partial charge < -0.3 is 10.8 Å². The molecule has 106 valence electrons. The number of pyridine rings is 1. The lowest BCUT2D eigenvalue weighted by molar-refractivity contribution is 0.0697. The zero-order valence-electron chi connectivity index (χ0n) is 10.4. The molecular weight excluding hydrogens is 315 g/mol. The Morgan fingerprint density at radius 3 is 2.76 bits per heavy atom. The molecule has 0 amide bonds. The maximum absolute atomic E-state index is 11.5. The van der Waals surface area contributed by atoms with Crippen LogP contribution in [0.2, 0.25) is 10.0 Å². The van der Waals surface area contributed by atoms with Crippen molar-refractivity contribution in [3.8, 4) is 11.1 Å².